The Bertz CT molecular complexity index is 1700. The molecule has 0 bridgehead atoms. The van der Waals surface area contributed by atoms with Gasteiger partial charge in [0.2, 0.25) is 0 Å². The molecule has 1 aliphatic heterocycles. The van der Waals surface area contributed by atoms with Crippen molar-refractivity contribution in [3.63, 3.8) is 0 Å². The lowest BCUT2D eigenvalue weighted by Crippen LogP contribution is -2.47. The Hall–Kier alpha value is -3.93. The molecule has 200 valence electrons. The van der Waals surface area contributed by atoms with E-state index < -0.39 is 0 Å². The molecule has 6 heteroatoms. The van der Waals surface area contributed by atoms with Crippen LogP contribution in [0.1, 0.15) is 57.5 Å². The van der Waals surface area contributed by atoms with Crippen LogP contribution in [-0.4, -0.2) is 17.9 Å². The maximum absolute atomic E-state index is 14.4. The molecule has 0 fully saturated rings. The van der Waals surface area contributed by atoms with Gasteiger partial charge in [0.25, 0.3) is 11.8 Å². The summed E-state index contributed by atoms with van der Waals surface area (Å²) >= 11 is 8.23. The summed E-state index contributed by atoms with van der Waals surface area (Å²) in [5.74, 6) is -0.175. The summed E-state index contributed by atoms with van der Waals surface area (Å²) in [5, 5.41) is 1.37. The van der Waals surface area contributed by atoms with Gasteiger partial charge in [-0.1, -0.05) is 85.3 Å². The molecule has 2 amide bonds. The summed E-state index contributed by atoms with van der Waals surface area (Å²) in [6, 6.07) is 32.9. The highest BCUT2D eigenvalue weighted by Crippen LogP contribution is 2.45. The number of thiophene rings is 1. The van der Waals surface area contributed by atoms with Crippen LogP contribution in [0.5, 0.6) is 0 Å². The molecule has 40 heavy (non-hydrogen) atoms. The van der Waals surface area contributed by atoms with E-state index in [1.54, 1.807) is 0 Å². The van der Waals surface area contributed by atoms with Crippen molar-refractivity contribution in [2.45, 2.75) is 38.8 Å². The molecule has 0 saturated carbocycles. The molecule has 4 nitrogen and oxygen atoms in total. The highest BCUT2D eigenvalue weighted by molar-refractivity contribution is 7.21. The molecule has 0 spiro atoms. The zero-order valence-corrected chi connectivity index (χ0v) is 24.0. The topological polar surface area (TPSA) is 40.6 Å². The van der Waals surface area contributed by atoms with Crippen LogP contribution >= 0.6 is 22.9 Å². The number of rotatable bonds is 5. The smallest absolute Gasteiger partial charge is 0.270 e. The Morgan fingerprint density at radius 3 is 2.30 bits per heavy atom. The van der Waals surface area contributed by atoms with E-state index in [9.17, 15) is 9.59 Å². The van der Waals surface area contributed by atoms with Crippen molar-refractivity contribution >= 4 is 56.2 Å². The van der Waals surface area contributed by atoms with Gasteiger partial charge in [0, 0.05) is 33.1 Å². The van der Waals surface area contributed by atoms with E-state index in [0.717, 1.165) is 33.4 Å². The van der Waals surface area contributed by atoms with E-state index >= 15 is 0 Å². The van der Waals surface area contributed by atoms with Crippen molar-refractivity contribution in [1.82, 2.24) is 0 Å². The number of nitrogens with zero attached hydrogens (tertiary/aromatic N) is 2. The second kappa shape index (κ2) is 10.9. The molecule has 0 radical (unpaired) electrons. The van der Waals surface area contributed by atoms with Crippen molar-refractivity contribution in [2.24, 2.45) is 0 Å². The monoisotopic (exact) mass is 564 g/mol. The van der Waals surface area contributed by atoms with Crippen LogP contribution in [0, 0.1) is 0 Å². The van der Waals surface area contributed by atoms with Gasteiger partial charge in [-0.3, -0.25) is 14.5 Å². The SMILES string of the molecule is CCc1ccc(C(=O)N2c3ccccc3[C@H](N(C(=O)c3sc4ccccc4c3Cl)c3ccccc3)C[C@@H]2C)cc1. The summed E-state index contributed by atoms with van der Waals surface area (Å²) in [5.41, 5.74) is 4.41. The van der Waals surface area contributed by atoms with Gasteiger partial charge in [0.15, 0.2) is 0 Å². The van der Waals surface area contributed by atoms with Gasteiger partial charge in [-0.2, -0.15) is 0 Å². The molecule has 0 aliphatic carbocycles. The van der Waals surface area contributed by atoms with Gasteiger partial charge in [-0.25, -0.2) is 0 Å². The number of fused-ring (bicyclic) bond motifs is 2. The second-order valence-corrected chi connectivity index (χ2v) is 11.6. The quantitative estimate of drug-likeness (QED) is 0.214. The zero-order chi connectivity index (χ0) is 27.8. The van der Waals surface area contributed by atoms with Gasteiger partial charge >= 0.3 is 0 Å². The molecular weight excluding hydrogens is 536 g/mol. The first kappa shape index (κ1) is 26.3. The zero-order valence-electron chi connectivity index (χ0n) is 22.4. The molecule has 1 aromatic heterocycles. The Kier molecular flexibility index (Phi) is 7.18. The number of hydrogen-bond acceptors (Lipinski definition) is 3. The highest BCUT2D eigenvalue weighted by Gasteiger charge is 2.40. The summed E-state index contributed by atoms with van der Waals surface area (Å²) in [4.78, 5) is 32.5. The predicted molar refractivity (Wildman–Crippen MR) is 166 cm³/mol. The van der Waals surface area contributed by atoms with Crippen LogP contribution in [-0.2, 0) is 6.42 Å². The number of amides is 2. The number of para-hydroxylation sites is 2. The lowest BCUT2D eigenvalue weighted by Gasteiger charge is -2.43. The fourth-order valence-electron chi connectivity index (χ4n) is 5.65. The molecule has 0 N–H and O–H groups in total. The number of aryl methyl sites for hydroxylation is 1. The fourth-order valence-corrected chi connectivity index (χ4v) is 7.10. The number of halogens is 1. The summed E-state index contributed by atoms with van der Waals surface area (Å²) in [6.45, 7) is 4.16. The van der Waals surface area contributed by atoms with Crippen LogP contribution in [0.4, 0.5) is 11.4 Å². The third kappa shape index (κ3) is 4.59. The summed E-state index contributed by atoms with van der Waals surface area (Å²) in [6.07, 6.45) is 1.51. The largest absolute Gasteiger partial charge is 0.305 e. The van der Waals surface area contributed by atoms with Crippen molar-refractivity contribution in [1.29, 1.82) is 0 Å². The van der Waals surface area contributed by atoms with Crippen LogP contribution in [0.15, 0.2) is 103 Å². The molecule has 5 aromatic rings. The van der Waals surface area contributed by atoms with Gasteiger partial charge in [-0.15, -0.1) is 11.3 Å². The van der Waals surface area contributed by atoms with E-state index in [4.69, 9.17) is 11.6 Å². The Balaban J connectivity index is 1.45. The molecule has 0 unspecified atom stereocenters. The van der Waals surface area contributed by atoms with Gasteiger partial charge in [0.05, 0.1) is 11.1 Å². The van der Waals surface area contributed by atoms with Crippen molar-refractivity contribution in [3.8, 4) is 0 Å². The van der Waals surface area contributed by atoms with Crippen LogP contribution in [0.3, 0.4) is 0 Å². The minimum Gasteiger partial charge on any atom is -0.305 e. The third-order valence-electron chi connectivity index (χ3n) is 7.68. The number of benzene rings is 4. The van der Waals surface area contributed by atoms with E-state index in [1.807, 2.05) is 113 Å². The first-order chi connectivity index (χ1) is 19.5. The number of carbonyl (C=O) groups is 2. The number of anilines is 2. The van der Waals surface area contributed by atoms with Gasteiger partial charge in [-0.05, 0) is 67.3 Å². The first-order valence-corrected chi connectivity index (χ1v) is 14.7. The average Bonchev–Trinajstić information content (AvgIpc) is 3.34. The lowest BCUT2D eigenvalue weighted by atomic mass is 9.89. The van der Waals surface area contributed by atoms with Crippen LogP contribution < -0.4 is 9.80 Å². The minimum absolute atomic E-state index is 0.0359. The number of carbonyl (C=O) groups excluding carboxylic acids is 2. The van der Waals surface area contributed by atoms with Crippen molar-refractivity contribution < 1.29 is 9.59 Å². The minimum atomic E-state index is -0.283. The summed E-state index contributed by atoms with van der Waals surface area (Å²) in [7, 11) is 0. The predicted octanol–water partition coefficient (Wildman–Crippen LogP) is 8.94. The molecule has 2 atom stereocenters. The Morgan fingerprint density at radius 1 is 0.900 bits per heavy atom. The molecular formula is C34H29ClN2O2S. The first-order valence-electron chi connectivity index (χ1n) is 13.5. The van der Waals surface area contributed by atoms with Crippen molar-refractivity contribution in [3.05, 3.63) is 130 Å². The van der Waals surface area contributed by atoms with Gasteiger partial charge in [0.1, 0.15) is 4.88 Å². The maximum atomic E-state index is 14.4. The van der Waals surface area contributed by atoms with E-state index in [-0.39, 0.29) is 23.9 Å². The van der Waals surface area contributed by atoms with E-state index in [1.165, 1.54) is 16.9 Å². The fraction of sp³-hybridized carbons (Fsp3) is 0.176. The molecule has 1 aliphatic rings. The highest BCUT2D eigenvalue weighted by atomic mass is 35.5. The van der Waals surface area contributed by atoms with Crippen molar-refractivity contribution in [2.75, 3.05) is 9.80 Å². The number of hydrogen-bond donors (Lipinski definition) is 0. The van der Waals surface area contributed by atoms with E-state index in [2.05, 4.69) is 13.8 Å². The van der Waals surface area contributed by atoms with Crippen LogP contribution in [0.25, 0.3) is 10.1 Å². The van der Waals surface area contributed by atoms with Crippen LogP contribution in [0.2, 0.25) is 5.02 Å². The normalized spacial score (nSPS) is 16.5. The van der Waals surface area contributed by atoms with Gasteiger partial charge < -0.3 is 4.90 Å². The maximum Gasteiger partial charge on any atom is 0.270 e. The van der Waals surface area contributed by atoms with E-state index in [0.29, 0.717) is 21.9 Å². The Labute approximate surface area is 243 Å². The standard InChI is InChI=1S/C34H29ClN2O2S/c1-3-23-17-19-24(20-18-23)33(38)36-22(2)21-29(26-13-7-9-15-28(26)36)37(25-11-5-4-6-12-25)34(39)32-31(35)27-14-8-10-16-30(27)40-32/h4-20,22,29H,3,21H2,1-2H3/t22-,29+/m0/s1. The Morgan fingerprint density at radius 2 is 1.57 bits per heavy atom. The molecule has 2 heterocycles. The average molecular weight is 565 g/mol. The molecule has 4 aromatic carbocycles. The molecule has 0 saturated heterocycles. The summed E-state index contributed by atoms with van der Waals surface area (Å²) < 4.78 is 0.979. The third-order valence-corrected chi connectivity index (χ3v) is 9.35. The molecule has 6 rings (SSSR count). The lowest BCUT2D eigenvalue weighted by molar-refractivity contribution is 0.0967. The second-order valence-electron chi connectivity index (χ2n) is 10.1.